The number of hydrogen-bond acceptors (Lipinski definition) is 11. The lowest BCUT2D eigenvalue weighted by Crippen LogP contribution is -2.38. The molecule has 0 saturated carbocycles. The smallest absolute Gasteiger partial charge is 0.490 e. The molecule has 2 amide bonds. The number of pyridine rings is 1. The molecule has 2 atom stereocenters. The number of amides is 2. The summed E-state index contributed by atoms with van der Waals surface area (Å²) in [6.07, 6.45) is -3.06. The number of anilines is 3. The largest absolute Gasteiger partial charge is 0.490 e. The number of carboxylic acids is 1. The zero-order chi connectivity index (χ0) is 41.4. The van der Waals surface area contributed by atoms with E-state index in [-0.39, 0.29) is 22.7 Å². The monoisotopic (exact) mass is 803 g/mol. The van der Waals surface area contributed by atoms with Gasteiger partial charge >= 0.3 is 18.2 Å². The summed E-state index contributed by atoms with van der Waals surface area (Å²) in [6.45, 7) is 8.10. The Morgan fingerprint density at radius 1 is 1.02 bits per heavy atom. The third-order valence-electron chi connectivity index (χ3n) is 8.61. The Balaban J connectivity index is 0.000000908. The van der Waals surface area contributed by atoms with E-state index in [0.29, 0.717) is 65.8 Å². The predicted molar refractivity (Wildman–Crippen MR) is 203 cm³/mol. The first kappa shape index (κ1) is 43.0. The van der Waals surface area contributed by atoms with Gasteiger partial charge < -0.3 is 35.3 Å². The summed E-state index contributed by atoms with van der Waals surface area (Å²) in [5.74, 6) is -1.68. The summed E-state index contributed by atoms with van der Waals surface area (Å²) >= 11 is 0. The number of benzene rings is 3. The molecule has 1 saturated heterocycles. The second kappa shape index (κ2) is 18.2. The first-order valence-corrected chi connectivity index (χ1v) is 19.2. The van der Waals surface area contributed by atoms with E-state index in [4.69, 9.17) is 29.8 Å². The number of carboxylic acid groups (broad SMARTS) is 1. The van der Waals surface area contributed by atoms with Crippen LogP contribution in [0.5, 0.6) is 11.5 Å². The molecule has 0 spiro atoms. The molecule has 0 unspecified atom stereocenters. The number of carbonyl (C=O) groups excluding carboxylic acids is 2. The minimum Gasteiger partial charge on any atom is -0.490 e. The molecule has 1 aliphatic heterocycles. The highest BCUT2D eigenvalue weighted by Gasteiger charge is 2.39. The molecule has 14 nitrogen and oxygen atoms in total. The number of rotatable bonds is 12. The Labute approximate surface area is 322 Å². The standard InChI is InChI=1S/C36H43N5O7S.C2HF3O2/c1-6-47-31-20-24(10-14-30(31)48-22(3)4)33(39-25-11-13-27-23(19-25)16-17-38-34(27)37)35(42)41-18-8-9-29(41)28-21-26(40-36(43)46-5)12-15-32(28)49(44,45)7-2;3-2(4,5)1(6)7/h10-17,19-22,29,33,39H,6-9,18H2,1-5H3,(H2,37,38)(H,40,43);(H,6,7)/t29-,33-;/m0./s1. The van der Waals surface area contributed by atoms with E-state index >= 15 is 0 Å². The fourth-order valence-corrected chi connectivity index (χ4v) is 7.22. The number of nitrogens with one attached hydrogen (secondary N) is 2. The van der Waals surface area contributed by atoms with E-state index in [1.807, 2.05) is 51.1 Å². The number of alkyl halides is 3. The number of likely N-dealkylation sites (tertiary alicyclic amines) is 1. The first-order valence-electron chi connectivity index (χ1n) is 17.6. The van der Waals surface area contributed by atoms with E-state index in [1.54, 1.807) is 36.2 Å². The van der Waals surface area contributed by atoms with Gasteiger partial charge in [0.05, 0.1) is 36.5 Å². The van der Waals surface area contributed by atoms with Gasteiger partial charge in [0.2, 0.25) is 5.91 Å². The van der Waals surface area contributed by atoms with Gasteiger partial charge in [-0.3, -0.25) is 10.1 Å². The van der Waals surface area contributed by atoms with Crippen molar-refractivity contribution in [1.82, 2.24) is 9.88 Å². The molecule has 0 bridgehead atoms. The zero-order valence-electron chi connectivity index (χ0n) is 31.3. The highest BCUT2D eigenvalue weighted by molar-refractivity contribution is 7.91. The summed E-state index contributed by atoms with van der Waals surface area (Å²) in [4.78, 5) is 41.8. The van der Waals surface area contributed by atoms with Gasteiger partial charge in [0.25, 0.3) is 0 Å². The molecule has 0 aliphatic carbocycles. The van der Waals surface area contributed by atoms with Crippen molar-refractivity contribution in [2.45, 2.75) is 69.8 Å². The summed E-state index contributed by atoms with van der Waals surface area (Å²) < 4.78 is 75.1. The van der Waals surface area contributed by atoms with Crippen LogP contribution in [0.4, 0.5) is 35.2 Å². The van der Waals surface area contributed by atoms with Crippen molar-refractivity contribution in [3.05, 3.63) is 78.0 Å². The van der Waals surface area contributed by atoms with Crippen LogP contribution in [0.1, 0.15) is 63.7 Å². The van der Waals surface area contributed by atoms with E-state index in [1.165, 1.54) is 19.2 Å². The number of hydrogen-bond donors (Lipinski definition) is 4. The maximum absolute atomic E-state index is 14.8. The molecule has 2 heterocycles. The molecule has 1 aromatic heterocycles. The Bertz CT molecular complexity index is 2170. The van der Waals surface area contributed by atoms with Crippen LogP contribution in [0, 0.1) is 0 Å². The molecule has 4 aromatic rings. The number of sulfone groups is 1. The molecule has 3 aromatic carbocycles. The molecule has 302 valence electrons. The predicted octanol–water partition coefficient (Wildman–Crippen LogP) is 7.13. The van der Waals surface area contributed by atoms with Crippen LogP contribution < -0.4 is 25.8 Å². The number of nitrogens with two attached hydrogens (primary N) is 1. The van der Waals surface area contributed by atoms with E-state index in [2.05, 4.69) is 15.6 Å². The fraction of sp³-hybridized carbons (Fsp3) is 0.368. The van der Waals surface area contributed by atoms with Gasteiger partial charge in [0.1, 0.15) is 11.9 Å². The van der Waals surface area contributed by atoms with Crippen LogP contribution in [-0.2, 0) is 24.2 Å². The summed E-state index contributed by atoms with van der Waals surface area (Å²) in [5, 5.41) is 14.8. The first-order chi connectivity index (χ1) is 26.4. The maximum Gasteiger partial charge on any atom is 0.490 e. The molecule has 1 fully saturated rings. The minimum absolute atomic E-state index is 0.0940. The van der Waals surface area contributed by atoms with Crippen molar-refractivity contribution in [2.24, 2.45) is 0 Å². The van der Waals surface area contributed by atoms with Crippen molar-refractivity contribution in [3.8, 4) is 11.5 Å². The molecule has 5 rings (SSSR count). The number of nitrogens with zero attached hydrogens (tertiary/aromatic N) is 2. The van der Waals surface area contributed by atoms with Crippen molar-refractivity contribution >= 4 is 55.8 Å². The Kier molecular flexibility index (Phi) is 14.0. The lowest BCUT2D eigenvalue weighted by Gasteiger charge is -2.31. The number of fused-ring (bicyclic) bond motifs is 1. The Hall–Kier alpha value is -5.78. The van der Waals surface area contributed by atoms with E-state index in [9.17, 15) is 31.2 Å². The number of carbonyl (C=O) groups is 3. The SMILES string of the molecule is CCOc1cc([C@H](Nc2ccc3c(N)nccc3c2)C(=O)N2CCC[C@H]2c2cc(NC(=O)OC)ccc2S(=O)(=O)CC)ccc1OC(C)C.O=C(O)C(F)(F)F. The second-order valence-corrected chi connectivity index (χ2v) is 15.0. The lowest BCUT2D eigenvalue weighted by molar-refractivity contribution is -0.192. The number of ether oxygens (including phenoxy) is 3. The fourth-order valence-electron chi connectivity index (χ4n) is 6.08. The number of aromatic nitrogens is 1. The Morgan fingerprint density at radius 3 is 2.34 bits per heavy atom. The van der Waals surface area contributed by atoms with Crippen LogP contribution >= 0.6 is 0 Å². The second-order valence-electron chi connectivity index (χ2n) is 12.8. The van der Waals surface area contributed by atoms with Crippen LogP contribution in [0.25, 0.3) is 10.8 Å². The maximum atomic E-state index is 14.8. The lowest BCUT2D eigenvalue weighted by atomic mass is 10.00. The van der Waals surface area contributed by atoms with Gasteiger partial charge in [-0.05, 0) is 105 Å². The van der Waals surface area contributed by atoms with Gasteiger partial charge in [0.15, 0.2) is 21.3 Å². The summed E-state index contributed by atoms with van der Waals surface area (Å²) in [7, 11) is -2.44. The third kappa shape index (κ3) is 10.5. The number of halogens is 3. The molecular weight excluding hydrogens is 760 g/mol. The molecule has 18 heteroatoms. The van der Waals surface area contributed by atoms with Crippen LogP contribution in [-0.4, -0.2) is 79.7 Å². The minimum atomic E-state index is -5.08. The average molecular weight is 804 g/mol. The third-order valence-corrected chi connectivity index (χ3v) is 10.4. The van der Waals surface area contributed by atoms with Gasteiger partial charge in [-0.2, -0.15) is 13.2 Å². The van der Waals surface area contributed by atoms with Gasteiger partial charge in [-0.25, -0.2) is 23.0 Å². The quantitative estimate of drug-likeness (QED) is 0.113. The summed E-state index contributed by atoms with van der Waals surface area (Å²) in [5.41, 5.74) is 8.20. The van der Waals surface area contributed by atoms with Crippen LogP contribution in [0.15, 0.2) is 71.8 Å². The highest BCUT2D eigenvalue weighted by atomic mass is 32.2. The molecule has 0 radical (unpaired) electrons. The molecule has 56 heavy (non-hydrogen) atoms. The van der Waals surface area contributed by atoms with Crippen molar-refractivity contribution in [2.75, 3.05) is 42.4 Å². The van der Waals surface area contributed by atoms with Gasteiger partial charge in [-0.15, -0.1) is 0 Å². The van der Waals surface area contributed by atoms with Gasteiger partial charge in [0, 0.05) is 29.5 Å². The molecular formula is C38H44F3N5O9S. The number of methoxy groups -OCH3 is 1. The average Bonchev–Trinajstić information content (AvgIpc) is 3.64. The van der Waals surface area contributed by atoms with Crippen LogP contribution in [0.2, 0.25) is 0 Å². The topological polar surface area (TPSA) is 199 Å². The molecule has 5 N–H and O–H groups in total. The van der Waals surface area contributed by atoms with Crippen molar-refractivity contribution in [3.63, 3.8) is 0 Å². The van der Waals surface area contributed by atoms with Crippen LogP contribution in [0.3, 0.4) is 0 Å². The zero-order valence-corrected chi connectivity index (χ0v) is 32.2. The van der Waals surface area contributed by atoms with Crippen molar-refractivity contribution < 1.29 is 55.3 Å². The number of nitrogen functional groups attached to an aromatic ring is 1. The summed E-state index contributed by atoms with van der Waals surface area (Å²) in [6, 6.07) is 16.0. The van der Waals surface area contributed by atoms with Crippen molar-refractivity contribution in [1.29, 1.82) is 0 Å². The van der Waals surface area contributed by atoms with E-state index < -0.39 is 40.2 Å². The highest BCUT2D eigenvalue weighted by Crippen LogP contribution is 2.41. The Morgan fingerprint density at radius 2 is 1.71 bits per heavy atom. The number of aliphatic carboxylic acids is 1. The normalized spacial score (nSPS) is 14.7. The molecule has 1 aliphatic rings. The van der Waals surface area contributed by atoms with E-state index in [0.717, 1.165) is 10.8 Å². The van der Waals surface area contributed by atoms with Gasteiger partial charge in [-0.1, -0.05) is 13.0 Å².